The molecule has 11 heteroatoms. The normalized spacial score (nSPS) is 22.1. The first-order valence-corrected chi connectivity index (χ1v) is 10.3. The topological polar surface area (TPSA) is 131 Å². The zero-order valence-corrected chi connectivity index (χ0v) is 17.7. The molecule has 0 N–H and O–H groups in total. The average Bonchev–Trinajstić information content (AvgIpc) is 2.50. The van der Waals surface area contributed by atoms with Gasteiger partial charge in [0.15, 0.2) is 12.1 Å². The number of esters is 1. The summed E-state index contributed by atoms with van der Waals surface area (Å²) >= 11 is 0. The fourth-order valence-electron chi connectivity index (χ4n) is 2.74. The number of nitro benzene ring substituents is 1. The summed E-state index contributed by atoms with van der Waals surface area (Å²) in [6.07, 6.45) is -1.99. The van der Waals surface area contributed by atoms with E-state index in [4.69, 9.17) is 18.4 Å². The average molecular weight is 431 g/mol. The maximum Gasteiger partial charge on any atom is 0.308 e. The summed E-state index contributed by atoms with van der Waals surface area (Å²) in [6.45, 7) is 8.36. The van der Waals surface area contributed by atoms with E-state index in [1.54, 1.807) is 34.6 Å². The molecule has 29 heavy (non-hydrogen) atoms. The highest BCUT2D eigenvalue weighted by Crippen LogP contribution is 2.31. The fourth-order valence-corrected chi connectivity index (χ4v) is 3.72. The van der Waals surface area contributed by atoms with Crippen molar-refractivity contribution in [2.75, 3.05) is 0 Å². The van der Waals surface area contributed by atoms with E-state index in [9.17, 15) is 23.3 Å². The van der Waals surface area contributed by atoms with Crippen LogP contribution in [0, 0.1) is 10.1 Å². The van der Waals surface area contributed by atoms with Crippen LogP contribution in [0.15, 0.2) is 29.2 Å². The van der Waals surface area contributed by atoms with Gasteiger partial charge in [0.05, 0.1) is 22.3 Å². The summed E-state index contributed by atoms with van der Waals surface area (Å²) in [5, 5.41) is 10.7. The molecular weight excluding hydrogens is 406 g/mol. The van der Waals surface area contributed by atoms with E-state index in [0.29, 0.717) is 0 Å². The van der Waals surface area contributed by atoms with Crippen molar-refractivity contribution in [3.05, 3.63) is 34.4 Å². The van der Waals surface area contributed by atoms with E-state index >= 15 is 0 Å². The highest BCUT2D eigenvalue weighted by Gasteiger charge is 2.40. The highest BCUT2D eigenvalue weighted by atomic mass is 32.2. The Morgan fingerprint density at radius 2 is 1.83 bits per heavy atom. The van der Waals surface area contributed by atoms with Gasteiger partial charge < -0.3 is 14.2 Å². The molecule has 1 saturated heterocycles. The van der Waals surface area contributed by atoms with Gasteiger partial charge in [0.2, 0.25) is 0 Å². The Hall–Kier alpha value is -2.08. The van der Waals surface area contributed by atoms with Crippen molar-refractivity contribution in [1.82, 2.24) is 0 Å². The molecule has 1 aliphatic heterocycles. The van der Waals surface area contributed by atoms with Crippen molar-refractivity contribution in [3.8, 4) is 0 Å². The summed E-state index contributed by atoms with van der Waals surface area (Å²) in [4.78, 5) is 21.9. The molecule has 0 amide bonds. The van der Waals surface area contributed by atoms with Crippen molar-refractivity contribution in [3.63, 3.8) is 0 Å². The maximum absolute atomic E-state index is 12.5. The summed E-state index contributed by atoms with van der Waals surface area (Å²) in [6, 6.07) is 4.29. The Morgan fingerprint density at radius 3 is 2.34 bits per heavy atom. The number of non-ortho nitro benzene ring substituents is 1. The molecule has 162 valence electrons. The molecule has 2 rings (SSSR count). The van der Waals surface area contributed by atoms with Gasteiger partial charge in [0.25, 0.3) is 15.8 Å². The molecule has 10 nitrogen and oxygen atoms in total. The Labute approximate surface area is 169 Å². The third kappa shape index (κ3) is 7.03. The predicted molar refractivity (Wildman–Crippen MR) is 100 cm³/mol. The van der Waals surface area contributed by atoms with Crippen LogP contribution in [0.1, 0.15) is 47.5 Å². The molecule has 1 aromatic carbocycles. The van der Waals surface area contributed by atoms with Crippen LogP contribution in [0.3, 0.4) is 0 Å². The first kappa shape index (κ1) is 23.2. The third-order valence-corrected chi connectivity index (χ3v) is 5.02. The minimum Gasteiger partial charge on any atom is -0.460 e. The molecule has 0 aromatic heterocycles. The van der Waals surface area contributed by atoms with Crippen LogP contribution in [-0.4, -0.2) is 43.1 Å². The molecule has 1 aromatic rings. The van der Waals surface area contributed by atoms with Crippen LogP contribution in [0.5, 0.6) is 0 Å². The zero-order chi connectivity index (χ0) is 22.0. The maximum atomic E-state index is 12.5. The minimum absolute atomic E-state index is 0.0190. The van der Waals surface area contributed by atoms with Crippen molar-refractivity contribution in [2.45, 2.75) is 76.1 Å². The van der Waals surface area contributed by atoms with Gasteiger partial charge >= 0.3 is 5.97 Å². The van der Waals surface area contributed by atoms with Gasteiger partial charge in [-0.15, -0.1) is 0 Å². The first-order chi connectivity index (χ1) is 13.2. The molecular formula is C18H25NO9S. The second-order valence-electron chi connectivity index (χ2n) is 8.01. The second kappa shape index (κ2) is 8.34. The lowest BCUT2D eigenvalue weighted by Crippen LogP contribution is -2.47. The molecule has 0 bridgehead atoms. The van der Waals surface area contributed by atoms with Gasteiger partial charge in [-0.25, -0.2) is 4.18 Å². The number of hydrogen-bond acceptors (Lipinski definition) is 9. The first-order valence-electron chi connectivity index (χ1n) is 8.92. The van der Waals surface area contributed by atoms with Gasteiger partial charge in [0, 0.05) is 18.6 Å². The largest absolute Gasteiger partial charge is 0.460 e. The van der Waals surface area contributed by atoms with E-state index in [2.05, 4.69) is 0 Å². The van der Waals surface area contributed by atoms with E-state index in [-0.39, 0.29) is 23.4 Å². The molecule has 1 aliphatic rings. The fraction of sp³-hybridized carbons (Fsp3) is 0.611. The van der Waals surface area contributed by atoms with Gasteiger partial charge in [0.1, 0.15) is 5.60 Å². The molecule has 0 spiro atoms. The number of nitrogens with zero attached hydrogens (tertiary/aromatic N) is 1. The number of benzene rings is 1. The van der Waals surface area contributed by atoms with Crippen molar-refractivity contribution >= 4 is 21.8 Å². The number of hydrogen-bond donors (Lipinski definition) is 0. The van der Waals surface area contributed by atoms with Crippen LogP contribution in [0.2, 0.25) is 0 Å². The molecule has 1 heterocycles. The molecule has 0 saturated carbocycles. The molecule has 1 fully saturated rings. The number of rotatable bonds is 6. The van der Waals surface area contributed by atoms with Crippen molar-refractivity contribution in [1.29, 1.82) is 0 Å². The monoisotopic (exact) mass is 431 g/mol. The zero-order valence-electron chi connectivity index (χ0n) is 16.9. The van der Waals surface area contributed by atoms with E-state index in [1.165, 1.54) is 0 Å². The number of carbonyl (C=O) groups excluding carboxylic acids is 1. The van der Waals surface area contributed by atoms with Crippen LogP contribution < -0.4 is 0 Å². The van der Waals surface area contributed by atoms with Crippen molar-refractivity contribution < 1.29 is 36.5 Å². The summed E-state index contributed by atoms with van der Waals surface area (Å²) in [7, 11) is -4.25. The molecule has 2 atom stereocenters. The quantitative estimate of drug-likeness (QED) is 0.289. The van der Waals surface area contributed by atoms with Gasteiger partial charge in [-0.3, -0.25) is 14.9 Å². The Kier molecular flexibility index (Phi) is 6.68. The lowest BCUT2D eigenvalue weighted by Gasteiger charge is -2.39. The highest BCUT2D eigenvalue weighted by molar-refractivity contribution is 7.86. The third-order valence-electron chi connectivity index (χ3n) is 3.71. The Balaban J connectivity index is 2.10. The Bertz CT molecular complexity index is 856. The molecule has 0 radical (unpaired) electrons. The van der Waals surface area contributed by atoms with Crippen molar-refractivity contribution in [2.24, 2.45) is 0 Å². The van der Waals surface area contributed by atoms with Gasteiger partial charge in [-0.1, -0.05) is 0 Å². The Morgan fingerprint density at radius 1 is 1.24 bits per heavy atom. The van der Waals surface area contributed by atoms with E-state index in [1.807, 2.05) is 0 Å². The van der Waals surface area contributed by atoms with Gasteiger partial charge in [-0.2, -0.15) is 8.42 Å². The van der Waals surface area contributed by atoms with Crippen LogP contribution >= 0.6 is 0 Å². The van der Waals surface area contributed by atoms with E-state index in [0.717, 1.165) is 24.3 Å². The van der Waals surface area contributed by atoms with Gasteiger partial charge in [-0.05, 0) is 46.8 Å². The summed E-state index contributed by atoms with van der Waals surface area (Å²) in [5.41, 5.74) is -0.905. The summed E-state index contributed by atoms with van der Waals surface area (Å²) in [5.74, 6) is -1.68. The minimum atomic E-state index is -4.25. The van der Waals surface area contributed by atoms with Crippen LogP contribution in [0.4, 0.5) is 5.69 Å². The number of ether oxygens (including phenoxy) is 3. The lowest BCUT2D eigenvalue weighted by atomic mass is 10.1. The number of carbonyl (C=O) groups is 1. The lowest BCUT2D eigenvalue weighted by molar-refractivity contribution is -0.384. The summed E-state index contributed by atoms with van der Waals surface area (Å²) < 4.78 is 46.6. The standard InChI is InChI=1S/C18H25NO9S/c1-17(2,3)26-15(20)10-13-11-16(27-18(4,5)25-13)28-29(23,24)14-8-6-12(7-9-14)19(21)22/h6-9,13,16H,10-11H2,1-5H3/t13-,16+/m0/s1. The number of nitro groups is 1. The predicted octanol–water partition coefficient (Wildman–Crippen LogP) is 2.90. The molecule has 0 aliphatic carbocycles. The molecule has 0 unspecified atom stereocenters. The van der Waals surface area contributed by atoms with Crippen LogP contribution in [-0.2, 0) is 33.3 Å². The van der Waals surface area contributed by atoms with E-state index < -0.39 is 44.8 Å². The smallest absolute Gasteiger partial charge is 0.308 e. The second-order valence-corrected chi connectivity index (χ2v) is 9.59. The SMILES string of the molecule is CC(C)(C)OC(=O)C[C@H]1C[C@@H](OS(=O)(=O)c2ccc([N+](=O)[O-])cc2)OC(C)(C)O1. The van der Waals surface area contributed by atoms with Crippen LogP contribution in [0.25, 0.3) is 0 Å².